The van der Waals surface area contributed by atoms with E-state index in [0.29, 0.717) is 27.9 Å². The summed E-state index contributed by atoms with van der Waals surface area (Å²) in [7, 11) is 1.88. The van der Waals surface area contributed by atoms with Gasteiger partial charge < -0.3 is 5.32 Å². The molecule has 2 aromatic carbocycles. The quantitative estimate of drug-likeness (QED) is 0.788. The Morgan fingerprint density at radius 2 is 1.67 bits per heavy atom. The van der Waals surface area contributed by atoms with Crippen LogP contribution in [0.15, 0.2) is 36.4 Å². The zero-order valence-corrected chi connectivity index (χ0v) is 13.7. The molecule has 0 saturated heterocycles. The van der Waals surface area contributed by atoms with Gasteiger partial charge in [-0.3, -0.25) is 0 Å². The monoisotopic (exact) mass is 345 g/mol. The largest absolute Gasteiger partial charge is 0.316 e. The van der Waals surface area contributed by atoms with E-state index < -0.39 is 0 Å². The number of nitrogens with one attached hydrogen (secondary N) is 1. The third-order valence-electron chi connectivity index (χ3n) is 3.36. The summed E-state index contributed by atoms with van der Waals surface area (Å²) < 4.78 is 13.1. The van der Waals surface area contributed by atoms with Crippen molar-refractivity contribution in [3.63, 3.8) is 0 Å². The molecule has 5 heteroatoms. The molecule has 0 aromatic heterocycles. The molecule has 0 radical (unpaired) electrons. The topological polar surface area (TPSA) is 12.0 Å². The molecular weight excluding hydrogens is 332 g/mol. The van der Waals surface area contributed by atoms with Gasteiger partial charge >= 0.3 is 0 Å². The second-order valence-electron chi connectivity index (χ2n) is 4.87. The molecule has 1 N–H and O–H groups in total. The van der Waals surface area contributed by atoms with E-state index >= 15 is 0 Å². The van der Waals surface area contributed by atoms with Crippen LogP contribution in [0.3, 0.4) is 0 Å². The van der Waals surface area contributed by atoms with Crippen LogP contribution in [0.4, 0.5) is 4.39 Å². The highest BCUT2D eigenvalue weighted by atomic mass is 35.5. The van der Waals surface area contributed by atoms with Gasteiger partial charge in [-0.05, 0) is 61.3 Å². The molecule has 0 aliphatic carbocycles. The second-order valence-corrected chi connectivity index (χ2v) is 6.12. The van der Waals surface area contributed by atoms with E-state index in [0.717, 1.165) is 11.1 Å². The van der Waals surface area contributed by atoms with E-state index in [1.54, 1.807) is 18.2 Å². The van der Waals surface area contributed by atoms with Crippen LogP contribution >= 0.6 is 34.8 Å². The summed E-state index contributed by atoms with van der Waals surface area (Å²) >= 11 is 18.3. The van der Waals surface area contributed by atoms with Crippen LogP contribution in [0.1, 0.15) is 11.1 Å². The minimum atomic E-state index is -0.331. The van der Waals surface area contributed by atoms with Crippen molar-refractivity contribution in [1.29, 1.82) is 0 Å². The molecule has 0 amide bonds. The maximum atomic E-state index is 13.1. The predicted octanol–water partition coefficient (Wildman–Crippen LogP) is 5.16. The molecule has 2 aromatic rings. The standard InChI is InChI=1S/C16H15Cl3FN/c1-21-14(7-10-2-4-13(20)9-16(10)19)8-11-6-12(17)3-5-15(11)18/h2-6,9,14,21H,7-8H2,1H3. The molecule has 0 heterocycles. The molecule has 1 unspecified atom stereocenters. The van der Waals surface area contributed by atoms with Crippen molar-refractivity contribution in [3.05, 3.63) is 68.4 Å². The van der Waals surface area contributed by atoms with Gasteiger partial charge in [-0.15, -0.1) is 0 Å². The Balaban J connectivity index is 2.14. The smallest absolute Gasteiger partial charge is 0.124 e. The van der Waals surface area contributed by atoms with E-state index in [2.05, 4.69) is 5.32 Å². The molecule has 2 rings (SSSR count). The molecule has 1 nitrogen and oxygen atoms in total. The van der Waals surface area contributed by atoms with Gasteiger partial charge in [-0.1, -0.05) is 40.9 Å². The molecule has 21 heavy (non-hydrogen) atoms. The summed E-state index contributed by atoms with van der Waals surface area (Å²) in [6.45, 7) is 0. The van der Waals surface area contributed by atoms with E-state index in [9.17, 15) is 4.39 Å². The van der Waals surface area contributed by atoms with Crippen molar-refractivity contribution in [2.75, 3.05) is 7.05 Å². The zero-order valence-electron chi connectivity index (χ0n) is 11.5. The summed E-state index contributed by atoms with van der Waals surface area (Å²) in [5, 5.41) is 5.01. The van der Waals surface area contributed by atoms with E-state index in [1.165, 1.54) is 12.1 Å². The van der Waals surface area contributed by atoms with Gasteiger partial charge in [0.05, 0.1) is 0 Å². The number of hydrogen-bond acceptors (Lipinski definition) is 1. The minimum absolute atomic E-state index is 0.129. The van der Waals surface area contributed by atoms with Crippen LogP contribution in [-0.4, -0.2) is 13.1 Å². The molecule has 0 fully saturated rings. The fraction of sp³-hybridized carbons (Fsp3) is 0.250. The molecule has 0 spiro atoms. The van der Waals surface area contributed by atoms with Gasteiger partial charge in [-0.25, -0.2) is 4.39 Å². The molecule has 0 aliphatic heterocycles. The Labute approximate surface area is 139 Å². The lowest BCUT2D eigenvalue weighted by Gasteiger charge is -2.18. The van der Waals surface area contributed by atoms with Gasteiger partial charge in [0.15, 0.2) is 0 Å². The van der Waals surface area contributed by atoms with Crippen LogP contribution in [0.2, 0.25) is 15.1 Å². The van der Waals surface area contributed by atoms with Gasteiger partial charge in [-0.2, -0.15) is 0 Å². The highest BCUT2D eigenvalue weighted by Crippen LogP contribution is 2.24. The van der Waals surface area contributed by atoms with Gasteiger partial charge in [0, 0.05) is 21.1 Å². The molecule has 1 atom stereocenters. The maximum Gasteiger partial charge on any atom is 0.124 e. The van der Waals surface area contributed by atoms with Crippen molar-refractivity contribution in [1.82, 2.24) is 5.32 Å². The first-order valence-corrected chi connectivity index (χ1v) is 7.68. The fourth-order valence-corrected chi connectivity index (χ4v) is 2.83. The first kappa shape index (κ1) is 16.6. The van der Waals surface area contributed by atoms with Crippen LogP contribution in [0.25, 0.3) is 0 Å². The number of halogens is 4. The number of benzene rings is 2. The van der Waals surface area contributed by atoms with Crippen LogP contribution in [0, 0.1) is 5.82 Å². The summed E-state index contributed by atoms with van der Waals surface area (Å²) in [4.78, 5) is 0. The fourth-order valence-electron chi connectivity index (χ4n) is 2.19. The Morgan fingerprint density at radius 1 is 0.952 bits per heavy atom. The Kier molecular flexibility index (Phi) is 5.88. The summed E-state index contributed by atoms with van der Waals surface area (Å²) in [5.41, 5.74) is 1.87. The normalized spacial score (nSPS) is 12.4. The lowest BCUT2D eigenvalue weighted by Crippen LogP contribution is -2.30. The summed E-state index contributed by atoms with van der Waals surface area (Å²) in [6, 6.07) is 10.00. The lowest BCUT2D eigenvalue weighted by atomic mass is 9.99. The van der Waals surface area contributed by atoms with Gasteiger partial charge in [0.25, 0.3) is 0 Å². The number of rotatable bonds is 5. The SMILES string of the molecule is CNC(Cc1ccc(F)cc1Cl)Cc1cc(Cl)ccc1Cl. The lowest BCUT2D eigenvalue weighted by molar-refractivity contribution is 0.555. The van der Waals surface area contributed by atoms with E-state index in [4.69, 9.17) is 34.8 Å². The van der Waals surface area contributed by atoms with Crippen LogP contribution in [-0.2, 0) is 12.8 Å². The van der Waals surface area contributed by atoms with Crippen molar-refractivity contribution in [3.8, 4) is 0 Å². The van der Waals surface area contributed by atoms with E-state index in [-0.39, 0.29) is 11.9 Å². The third kappa shape index (κ3) is 4.58. The highest BCUT2D eigenvalue weighted by molar-refractivity contribution is 6.33. The summed E-state index contributed by atoms with van der Waals surface area (Å²) in [6.07, 6.45) is 1.39. The van der Waals surface area contributed by atoms with Crippen molar-refractivity contribution >= 4 is 34.8 Å². The maximum absolute atomic E-state index is 13.1. The Bertz CT molecular complexity index is 631. The first-order chi connectivity index (χ1) is 9.99. The van der Waals surface area contributed by atoms with Crippen molar-refractivity contribution in [2.45, 2.75) is 18.9 Å². The van der Waals surface area contributed by atoms with Crippen molar-refractivity contribution < 1.29 is 4.39 Å². The number of hydrogen-bond donors (Lipinski definition) is 1. The van der Waals surface area contributed by atoms with Gasteiger partial charge in [0.2, 0.25) is 0 Å². The molecular formula is C16H15Cl3FN. The average molecular weight is 347 g/mol. The third-order valence-corrected chi connectivity index (χ3v) is 4.32. The van der Waals surface area contributed by atoms with Crippen LogP contribution < -0.4 is 5.32 Å². The molecule has 0 aliphatic rings. The summed E-state index contributed by atoms with van der Waals surface area (Å²) in [5.74, 6) is -0.331. The molecule has 0 bridgehead atoms. The first-order valence-electron chi connectivity index (χ1n) is 6.54. The highest BCUT2D eigenvalue weighted by Gasteiger charge is 2.13. The van der Waals surface area contributed by atoms with Crippen molar-refractivity contribution in [2.24, 2.45) is 0 Å². The zero-order chi connectivity index (χ0) is 15.4. The minimum Gasteiger partial charge on any atom is -0.316 e. The number of likely N-dealkylation sites (N-methyl/N-ethyl adjacent to an activating group) is 1. The predicted molar refractivity (Wildman–Crippen MR) is 88.1 cm³/mol. The Morgan fingerprint density at radius 3 is 2.33 bits per heavy atom. The Hall–Kier alpha value is -0.800. The van der Waals surface area contributed by atoms with Gasteiger partial charge in [0.1, 0.15) is 5.82 Å². The second kappa shape index (κ2) is 7.46. The van der Waals surface area contributed by atoms with E-state index in [1.807, 2.05) is 13.1 Å². The molecule has 112 valence electrons. The average Bonchev–Trinajstić information content (AvgIpc) is 2.44. The molecule has 0 saturated carbocycles. The van der Waals surface area contributed by atoms with Crippen LogP contribution in [0.5, 0.6) is 0 Å².